The molecule has 0 spiro atoms. The van der Waals surface area contributed by atoms with Gasteiger partial charge in [0.1, 0.15) is 11.6 Å². The molecule has 0 amide bonds. The highest BCUT2D eigenvalue weighted by molar-refractivity contribution is 6.12. The fourth-order valence-corrected chi connectivity index (χ4v) is 3.97. The standard InChI is InChI=1S/C23H24N6O5/c1-11(30)7-19(32)13-3-5-15-17(9-13)28-22(24,26-15)21(34)23(25)27-16-6-4-14(10-18(16)29-23)20(33)8-12(2)31/h3-6,9-10,26-29H,7-8,24-25H2,1-2H3. The second kappa shape index (κ2) is 8.04. The Kier molecular flexibility index (Phi) is 5.46. The van der Waals surface area contributed by atoms with Crippen LogP contribution in [0.3, 0.4) is 0 Å². The van der Waals surface area contributed by atoms with E-state index in [-0.39, 0.29) is 36.0 Å². The summed E-state index contributed by atoms with van der Waals surface area (Å²) in [5, 5.41) is 11.5. The zero-order valence-electron chi connectivity index (χ0n) is 18.6. The highest BCUT2D eigenvalue weighted by Crippen LogP contribution is 2.38. The Morgan fingerprint density at radius 1 is 0.647 bits per heavy atom. The monoisotopic (exact) mass is 464 g/mol. The minimum absolute atomic E-state index is 0.228. The summed E-state index contributed by atoms with van der Waals surface area (Å²) in [4.78, 5) is 60.4. The van der Waals surface area contributed by atoms with Gasteiger partial charge in [0.25, 0.3) is 5.78 Å². The Balaban J connectivity index is 1.53. The lowest BCUT2D eigenvalue weighted by atomic mass is 10.1. The van der Waals surface area contributed by atoms with Crippen molar-refractivity contribution in [2.75, 3.05) is 21.3 Å². The first-order chi connectivity index (χ1) is 15.9. The number of ketones is 5. The number of benzene rings is 2. The van der Waals surface area contributed by atoms with Crippen molar-refractivity contribution < 1.29 is 24.0 Å². The summed E-state index contributed by atoms with van der Waals surface area (Å²) in [6, 6.07) is 9.26. The number of nitrogens with two attached hydrogens (primary N) is 2. The molecule has 0 bridgehead atoms. The van der Waals surface area contributed by atoms with Crippen molar-refractivity contribution in [1.29, 1.82) is 0 Å². The van der Waals surface area contributed by atoms with Gasteiger partial charge >= 0.3 is 0 Å². The lowest BCUT2D eigenvalue weighted by molar-refractivity contribution is -0.125. The average Bonchev–Trinajstić information content (AvgIpc) is 3.27. The average molecular weight is 464 g/mol. The van der Waals surface area contributed by atoms with Crippen LogP contribution in [0.25, 0.3) is 0 Å². The van der Waals surface area contributed by atoms with Crippen molar-refractivity contribution in [3.05, 3.63) is 47.5 Å². The van der Waals surface area contributed by atoms with E-state index in [2.05, 4.69) is 21.3 Å². The van der Waals surface area contributed by atoms with Crippen molar-refractivity contribution in [3.63, 3.8) is 0 Å². The van der Waals surface area contributed by atoms with E-state index in [4.69, 9.17) is 11.5 Å². The predicted octanol–water partition coefficient (Wildman–Crippen LogP) is 1.18. The Hall–Kier alpha value is -4.09. The third-order valence-corrected chi connectivity index (χ3v) is 5.55. The fraction of sp³-hybridized carbons (Fsp3) is 0.261. The van der Waals surface area contributed by atoms with Crippen LogP contribution >= 0.6 is 0 Å². The van der Waals surface area contributed by atoms with E-state index in [1.165, 1.54) is 38.1 Å². The van der Waals surface area contributed by atoms with Crippen LogP contribution in [-0.4, -0.2) is 40.5 Å². The van der Waals surface area contributed by atoms with Crippen molar-refractivity contribution in [3.8, 4) is 0 Å². The Morgan fingerprint density at radius 3 is 1.35 bits per heavy atom. The maximum atomic E-state index is 13.4. The Bertz CT molecular complexity index is 1180. The molecule has 0 aromatic heterocycles. The quantitative estimate of drug-likeness (QED) is 0.243. The van der Waals surface area contributed by atoms with Crippen LogP contribution in [0.15, 0.2) is 36.4 Å². The van der Waals surface area contributed by atoms with Crippen molar-refractivity contribution >= 4 is 51.7 Å². The minimum atomic E-state index is -1.82. The number of fused-ring (bicyclic) bond motifs is 2. The lowest BCUT2D eigenvalue weighted by Gasteiger charge is -2.33. The first-order valence-corrected chi connectivity index (χ1v) is 10.5. The third kappa shape index (κ3) is 4.14. The van der Waals surface area contributed by atoms with Crippen LogP contribution in [-0.2, 0) is 14.4 Å². The maximum Gasteiger partial charge on any atom is 0.254 e. The predicted molar refractivity (Wildman–Crippen MR) is 125 cm³/mol. The molecule has 34 heavy (non-hydrogen) atoms. The largest absolute Gasteiger partial charge is 0.342 e. The maximum absolute atomic E-state index is 13.4. The van der Waals surface area contributed by atoms with Crippen molar-refractivity contribution in [2.24, 2.45) is 11.5 Å². The second-order valence-corrected chi connectivity index (χ2v) is 8.57. The Labute approximate surface area is 194 Å². The van der Waals surface area contributed by atoms with E-state index in [0.29, 0.717) is 33.9 Å². The van der Waals surface area contributed by atoms with Gasteiger partial charge in [-0.05, 0) is 50.2 Å². The fourth-order valence-electron chi connectivity index (χ4n) is 3.97. The number of hydrogen-bond donors (Lipinski definition) is 6. The topological polar surface area (TPSA) is 186 Å². The molecule has 2 atom stereocenters. The van der Waals surface area contributed by atoms with Gasteiger partial charge in [-0.3, -0.25) is 35.4 Å². The molecular weight excluding hydrogens is 440 g/mol. The first-order valence-electron chi connectivity index (χ1n) is 10.5. The minimum Gasteiger partial charge on any atom is -0.342 e. The summed E-state index contributed by atoms with van der Waals surface area (Å²) >= 11 is 0. The molecule has 0 fully saturated rings. The molecule has 2 aromatic carbocycles. The molecule has 0 aliphatic carbocycles. The van der Waals surface area contributed by atoms with Crippen molar-refractivity contribution in [2.45, 2.75) is 38.3 Å². The van der Waals surface area contributed by atoms with Gasteiger partial charge in [-0.1, -0.05) is 0 Å². The summed E-state index contributed by atoms with van der Waals surface area (Å²) in [6.07, 6.45) is -0.457. The molecule has 0 saturated carbocycles. The number of nitrogens with one attached hydrogen (secondary N) is 4. The summed E-state index contributed by atoms with van der Waals surface area (Å²) < 4.78 is 0. The molecule has 2 aromatic rings. The highest BCUT2D eigenvalue weighted by Gasteiger charge is 2.52. The Morgan fingerprint density at radius 2 is 1.00 bits per heavy atom. The number of hydrogen-bond acceptors (Lipinski definition) is 11. The second-order valence-electron chi connectivity index (χ2n) is 8.57. The van der Waals surface area contributed by atoms with E-state index < -0.39 is 17.4 Å². The van der Waals surface area contributed by atoms with E-state index in [0.717, 1.165) is 0 Å². The highest BCUT2D eigenvalue weighted by atomic mass is 16.2. The zero-order valence-corrected chi connectivity index (χ0v) is 18.6. The third-order valence-electron chi connectivity index (χ3n) is 5.55. The number of carbonyl (C=O) groups excluding carboxylic acids is 5. The van der Waals surface area contributed by atoms with Gasteiger partial charge in [-0.15, -0.1) is 0 Å². The summed E-state index contributed by atoms with van der Waals surface area (Å²) in [5.74, 6) is -5.55. The van der Waals surface area contributed by atoms with Crippen LogP contribution < -0.4 is 32.7 Å². The van der Waals surface area contributed by atoms with Gasteiger partial charge in [-0.2, -0.15) is 0 Å². The van der Waals surface area contributed by atoms with Gasteiger partial charge in [0.2, 0.25) is 11.6 Å². The van der Waals surface area contributed by atoms with E-state index >= 15 is 0 Å². The first kappa shape index (κ1) is 23.1. The number of Topliss-reactive ketones (excluding diaryl/α,β-unsaturated/α-hetero) is 5. The molecular formula is C23H24N6O5. The van der Waals surface area contributed by atoms with Gasteiger partial charge < -0.3 is 21.3 Å². The van der Waals surface area contributed by atoms with E-state index in [1.807, 2.05) is 0 Å². The number of carbonyl (C=O) groups is 5. The molecule has 2 aliphatic heterocycles. The van der Waals surface area contributed by atoms with E-state index in [9.17, 15) is 24.0 Å². The summed E-state index contributed by atoms with van der Waals surface area (Å²) in [5.41, 5.74) is 15.0. The van der Waals surface area contributed by atoms with Crippen LogP contribution in [0.4, 0.5) is 22.7 Å². The van der Waals surface area contributed by atoms with Gasteiger partial charge in [0.05, 0.1) is 35.6 Å². The molecule has 0 saturated heterocycles. The lowest BCUT2D eigenvalue weighted by Crippen LogP contribution is -2.72. The van der Waals surface area contributed by atoms with Crippen LogP contribution in [0.2, 0.25) is 0 Å². The van der Waals surface area contributed by atoms with Gasteiger partial charge in [0.15, 0.2) is 11.6 Å². The number of rotatable bonds is 8. The van der Waals surface area contributed by atoms with Crippen molar-refractivity contribution in [1.82, 2.24) is 0 Å². The van der Waals surface area contributed by atoms with Crippen LogP contribution in [0, 0.1) is 0 Å². The molecule has 2 heterocycles. The number of anilines is 4. The molecule has 8 N–H and O–H groups in total. The summed E-state index contributed by atoms with van der Waals surface area (Å²) in [7, 11) is 0. The molecule has 11 heteroatoms. The van der Waals surface area contributed by atoms with Gasteiger partial charge in [0, 0.05) is 11.1 Å². The molecule has 0 radical (unpaired) electrons. The molecule has 176 valence electrons. The van der Waals surface area contributed by atoms with Crippen LogP contribution in [0.5, 0.6) is 0 Å². The molecule has 2 aliphatic rings. The SMILES string of the molecule is CC(=O)CC(=O)c1ccc2c(c1)NC(N)(C(=O)C1(N)Nc3ccc(C(=O)CC(C)=O)cc3N1)N2. The van der Waals surface area contributed by atoms with Gasteiger partial charge in [-0.25, -0.2) is 0 Å². The normalized spacial score (nSPS) is 21.8. The molecule has 2 unspecified atom stereocenters. The summed E-state index contributed by atoms with van der Waals surface area (Å²) in [6.45, 7) is 2.66. The molecule has 4 rings (SSSR count). The molecule has 11 nitrogen and oxygen atoms in total. The van der Waals surface area contributed by atoms with Crippen LogP contribution in [0.1, 0.15) is 47.4 Å². The smallest absolute Gasteiger partial charge is 0.254 e. The zero-order chi connectivity index (χ0) is 24.8. The van der Waals surface area contributed by atoms with E-state index in [1.54, 1.807) is 12.1 Å².